The first-order valence-electron chi connectivity index (χ1n) is 4.16. The van der Waals surface area contributed by atoms with Crippen LogP contribution in [0.1, 0.15) is 5.56 Å². The van der Waals surface area contributed by atoms with E-state index in [1.54, 1.807) is 12.1 Å². The van der Waals surface area contributed by atoms with Crippen LogP contribution in [-0.2, 0) is 10.4 Å². The molecule has 0 aromatic heterocycles. The zero-order valence-corrected chi connectivity index (χ0v) is 10.7. The quantitative estimate of drug-likeness (QED) is 0.776. The van der Waals surface area contributed by atoms with Gasteiger partial charge in [0.1, 0.15) is 0 Å². The molecule has 2 rings (SSSR count). The fourth-order valence-corrected chi connectivity index (χ4v) is 3.11. The third-order valence-electron chi connectivity index (χ3n) is 2.33. The lowest BCUT2D eigenvalue weighted by Crippen LogP contribution is -2.31. The van der Waals surface area contributed by atoms with Gasteiger partial charge in [-0.2, -0.15) is 0 Å². The Hall–Kier alpha value is -0.650. The number of carbonyl (C=O) groups is 1. The highest BCUT2D eigenvalue weighted by molar-refractivity contribution is 9.11. The average molecular weight is 333 g/mol. The summed E-state index contributed by atoms with van der Waals surface area (Å²) in [4.78, 5) is 11.6. The third-order valence-corrected chi connectivity index (χ3v) is 3.41. The Balaban J connectivity index is 2.74. The Labute approximate surface area is 103 Å². The fourth-order valence-electron chi connectivity index (χ4n) is 1.59. The maximum Gasteiger partial charge on any atom is 0.265 e. The average Bonchev–Trinajstić information content (AvgIpc) is 2.39. The number of aliphatic hydroxyl groups is 1. The van der Waals surface area contributed by atoms with Crippen molar-refractivity contribution in [1.29, 1.82) is 0 Å². The largest absolute Gasteiger partial charge is 0.372 e. The summed E-state index contributed by atoms with van der Waals surface area (Å²) in [5.41, 5.74) is -0.552. The van der Waals surface area contributed by atoms with Gasteiger partial charge < -0.3 is 10.4 Å². The molecule has 1 atom stereocenters. The van der Waals surface area contributed by atoms with Crippen molar-refractivity contribution in [2.45, 2.75) is 5.60 Å². The van der Waals surface area contributed by atoms with Gasteiger partial charge in [-0.05, 0) is 18.2 Å². The van der Waals surface area contributed by atoms with E-state index >= 15 is 0 Å². The number of amides is 1. The highest BCUT2D eigenvalue weighted by atomic mass is 79.9. The van der Waals surface area contributed by atoms with Crippen LogP contribution >= 0.6 is 31.9 Å². The number of hydrogen-bond acceptors (Lipinski definition) is 2. The standard InChI is InChI=1S/C10H7Br2NO2/c1-2-10(15)8-6(12)3-5(11)4-7(8)13-9(10)14/h2-4,15H,1H2,(H,13,14)/t10-/m1/s1. The van der Waals surface area contributed by atoms with Crippen LogP contribution in [0.5, 0.6) is 0 Å². The Bertz CT molecular complexity index is 473. The van der Waals surface area contributed by atoms with Gasteiger partial charge in [0.2, 0.25) is 0 Å². The van der Waals surface area contributed by atoms with E-state index in [1.807, 2.05) is 0 Å². The summed E-state index contributed by atoms with van der Waals surface area (Å²) < 4.78 is 1.48. The van der Waals surface area contributed by atoms with Gasteiger partial charge in [-0.15, -0.1) is 0 Å². The van der Waals surface area contributed by atoms with Crippen LogP contribution < -0.4 is 5.32 Å². The van der Waals surface area contributed by atoms with Gasteiger partial charge in [-0.3, -0.25) is 4.79 Å². The van der Waals surface area contributed by atoms with E-state index in [0.717, 1.165) is 4.47 Å². The molecule has 2 N–H and O–H groups in total. The van der Waals surface area contributed by atoms with Gasteiger partial charge in [0.05, 0.1) is 5.69 Å². The van der Waals surface area contributed by atoms with Crippen molar-refractivity contribution in [3.63, 3.8) is 0 Å². The lowest BCUT2D eigenvalue weighted by molar-refractivity contribution is -0.129. The molecular formula is C10H7Br2NO2. The number of carbonyl (C=O) groups excluding carboxylic acids is 1. The molecule has 5 heteroatoms. The minimum atomic E-state index is -1.64. The van der Waals surface area contributed by atoms with E-state index in [0.29, 0.717) is 15.7 Å². The Morgan fingerprint density at radius 2 is 2.13 bits per heavy atom. The number of hydrogen-bond donors (Lipinski definition) is 2. The van der Waals surface area contributed by atoms with Crippen LogP contribution in [0, 0.1) is 0 Å². The fraction of sp³-hybridized carbons (Fsp3) is 0.100. The monoisotopic (exact) mass is 331 g/mol. The molecule has 0 unspecified atom stereocenters. The molecule has 15 heavy (non-hydrogen) atoms. The Morgan fingerprint density at radius 3 is 2.73 bits per heavy atom. The summed E-state index contributed by atoms with van der Waals surface area (Å²) in [7, 11) is 0. The van der Waals surface area contributed by atoms with E-state index in [4.69, 9.17) is 0 Å². The minimum absolute atomic E-state index is 0.480. The van der Waals surface area contributed by atoms with Crippen LogP contribution in [0.25, 0.3) is 0 Å². The van der Waals surface area contributed by atoms with E-state index in [2.05, 4.69) is 43.8 Å². The molecule has 1 amide bonds. The predicted octanol–water partition coefficient (Wildman–Crippen LogP) is 2.54. The summed E-state index contributed by atoms with van der Waals surface area (Å²) in [5.74, 6) is -0.480. The van der Waals surface area contributed by atoms with Crippen molar-refractivity contribution in [2.75, 3.05) is 5.32 Å². The SMILES string of the molecule is C=C[C@]1(O)C(=O)Nc2cc(Br)cc(Br)c21. The molecule has 1 aliphatic heterocycles. The summed E-state index contributed by atoms with van der Waals surface area (Å²) >= 11 is 6.62. The van der Waals surface area contributed by atoms with Crippen molar-refractivity contribution in [3.8, 4) is 0 Å². The van der Waals surface area contributed by atoms with E-state index in [-0.39, 0.29) is 0 Å². The van der Waals surface area contributed by atoms with Gasteiger partial charge in [0.25, 0.3) is 5.91 Å². The second-order valence-electron chi connectivity index (χ2n) is 3.23. The lowest BCUT2D eigenvalue weighted by Gasteiger charge is -2.16. The van der Waals surface area contributed by atoms with Crippen molar-refractivity contribution < 1.29 is 9.90 Å². The van der Waals surface area contributed by atoms with E-state index in [1.165, 1.54) is 6.08 Å². The van der Waals surface area contributed by atoms with Gasteiger partial charge in [-0.25, -0.2) is 0 Å². The number of benzene rings is 1. The number of rotatable bonds is 1. The van der Waals surface area contributed by atoms with Gasteiger partial charge in [0.15, 0.2) is 5.60 Å². The number of fused-ring (bicyclic) bond motifs is 1. The highest BCUT2D eigenvalue weighted by Gasteiger charge is 2.44. The van der Waals surface area contributed by atoms with Gasteiger partial charge >= 0.3 is 0 Å². The summed E-state index contributed by atoms with van der Waals surface area (Å²) in [6.07, 6.45) is 1.23. The summed E-state index contributed by atoms with van der Waals surface area (Å²) in [5, 5.41) is 12.7. The van der Waals surface area contributed by atoms with Crippen LogP contribution in [-0.4, -0.2) is 11.0 Å². The molecule has 1 heterocycles. The highest BCUT2D eigenvalue weighted by Crippen LogP contribution is 2.43. The third kappa shape index (κ3) is 1.46. The topological polar surface area (TPSA) is 49.3 Å². The molecule has 0 saturated carbocycles. The van der Waals surface area contributed by atoms with Crippen LogP contribution in [0.3, 0.4) is 0 Å². The molecule has 0 saturated heterocycles. The van der Waals surface area contributed by atoms with E-state index < -0.39 is 11.5 Å². The first-order chi connectivity index (χ1) is 6.99. The van der Waals surface area contributed by atoms with Crippen molar-refractivity contribution >= 4 is 43.5 Å². The number of halogens is 2. The molecule has 0 aliphatic carbocycles. The Kier molecular flexibility index (Phi) is 2.48. The summed E-state index contributed by atoms with van der Waals surface area (Å²) in [6, 6.07) is 3.51. The Morgan fingerprint density at radius 1 is 1.47 bits per heavy atom. The molecule has 0 fully saturated rings. The van der Waals surface area contributed by atoms with Gasteiger partial charge in [-0.1, -0.05) is 38.4 Å². The second kappa shape index (κ2) is 3.43. The maximum absolute atomic E-state index is 11.6. The smallest absolute Gasteiger partial charge is 0.265 e. The molecular weight excluding hydrogens is 326 g/mol. The molecule has 1 aromatic carbocycles. The molecule has 1 aliphatic rings. The van der Waals surface area contributed by atoms with Crippen molar-refractivity contribution in [1.82, 2.24) is 0 Å². The van der Waals surface area contributed by atoms with Crippen LogP contribution in [0.2, 0.25) is 0 Å². The van der Waals surface area contributed by atoms with Crippen molar-refractivity contribution in [2.24, 2.45) is 0 Å². The number of nitrogens with one attached hydrogen (secondary N) is 1. The zero-order valence-electron chi connectivity index (χ0n) is 7.55. The molecule has 0 spiro atoms. The second-order valence-corrected chi connectivity index (χ2v) is 5.00. The van der Waals surface area contributed by atoms with Crippen molar-refractivity contribution in [3.05, 3.63) is 39.3 Å². The van der Waals surface area contributed by atoms with Gasteiger partial charge in [0, 0.05) is 14.5 Å². The predicted molar refractivity (Wildman–Crippen MR) is 64.6 cm³/mol. The zero-order chi connectivity index (χ0) is 11.2. The van der Waals surface area contributed by atoms with Crippen LogP contribution in [0.15, 0.2) is 33.7 Å². The normalized spacial score (nSPS) is 23.5. The molecule has 0 radical (unpaired) electrons. The molecule has 3 nitrogen and oxygen atoms in total. The first-order valence-corrected chi connectivity index (χ1v) is 5.74. The lowest BCUT2D eigenvalue weighted by atomic mass is 9.96. The molecule has 78 valence electrons. The van der Waals surface area contributed by atoms with E-state index in [9.17, 15) is 9.90 Å². The maximum atomic E-state index is 11.6. The minimum Gasteiger partial charge on any atom is -0.372 e. The van der Waals surface area contributed by atoms with Crippen LogP contribution in [0.4, 0.5) is 5.69 Å². The molecule has 1 aromatic rings. The molecule has 0 bridgehead atoms. The first kappa shape index (κ1) is 10.9. The number of anilines is 1. The summed E-state index contributed by atoms with van der Waals surface area (Å²) in [6.45, 7) is 3.48.